The van der Waals surface area contributed by atoms with Crippen molar-refractivity contribution in [3.63, 3.8) is 0 Å². The zero-order valence-electron chi connectivity index (χ0n) is 17.8. The lowest BCUT2D eigenvalue weighted by Crippen LogP contribution is -2.63. The van der Waals surface area contributed by atoms with E-state index in [1.807, 2.05) is 18.2 Å². The van der Waals surface area contributed by atoms with Crippen LogP contribution in [0.5, 0.6) is 0 Å². The van der Waals surface area contributed by atoms with Crippen molar-refractivity contribution in [3.05, 3.63) is 47.4 Å². The third-order valence-corrected chi connectivity index (χ3v) is 8.50. The molecule has 2 N–H and O–H groups in total. The Morgan fingerprint density at radius 1 is 1.23 bits per heavy atom. The van der Waals surface area contributed by atoms with Crippen LogP contribution in [0.15, 0.2) is 42.5 Å². The number of carbonyl (C=O) groups excluding carboxylic acids is 1. The van der Waals surface area contributed by atoms with E-state index in [1.165, 1.54) is 6.42 Å². The first-order valence-electron chi connectivity index (χ1n) is 11.0. The van der Waals surface area contributed by atoms with Gasteiger partial charge in [-0.3, -0.25) is 9.59 Å². The number of hydrogen-bond donors (Lipinski definition) is 2. The topological polar surface area (TPSA) is 66.4 Å². The average molecular weight is 426 g/mol. The van der Waals surface area contributed by atoms with Crippen LogP contribution in [-0.4, -0.2) is 23.0 Å². The largest absolute Gasteiger partial charge is 0.481 e. The normalized spacial score (nSPS) is 27.1. The molecule has 3 aliphatic rings. The van der Waals surface area contributed by atoms with Gasteiger partial charge in [-0.2, -0.15) is 0 Å². The van der Waals surface area contributed by atoms with E-state index in [-0.39, 0.29) is 18.4 Å². The molecule has 0 radical (unpaired) electrons. The first kappa shape index (κ1) is 21.1. The Balaban J connectivity index is 1.42. The van der Waals surface area contributed by atoms with Gasteiger partial charge in [0, 0.05) is 17.2 Å². The summed E-state index contributed by atoms with van der Waals surface area (Å²) in [5.74, 6) is 1.04. The van der Waals surface area contributed by atoms with E-state index < -0.39 is 5.97 Å². The summed E-state index contributed by atoms with van der Waals surface area (Å²) in [5.41, 5.74) is 0.291. The van der Waals surface area contributed by atoms with Crippen molar-refractivity contribution >= 4 is 33.3 Å². The number of carboxylic acid groups (broad SMARTS) is 1. The van der Waals surface area contributed by atoms with Crippen LogP contribution < -0.4 is 5.32 Å². The van der Waals surface area contributed by atoms with Crippen LogP contribution in [0.25, 0.3) is 10.1 Å². The van der Waals surface area contributed by atoms with Crippen LogP contribution in [0.4, 0.5) is 0 Å². The SMILES string of the molecule is CC1(C)[C@H]2C[C@H](C/C=C\CCCC(=O)O)[C@@H](NC(=O)c3cc4ccccc4s3)[C@@H]1C2. The summed E-state index contributed by atoms with van der Waals surface area (Å²) >= 11 is 1.56. The number of fused-ring (bicyclic) bond motifs is 3. The zero-order valence-corrected chi connectivity index (χ0v) is 18.6. The molecule has 0 aliphatic heterocycles. The van der Waals surface area contributed by atoms with Gasteiger partial charge >= 0.3 is 5.97 Å². The summed E-state index contributed by atoms with van der Waals surface area (Å²) in [7, 11) is 0. The molecular formula is C25H31NO3S. The first-order chi connectivity index (χ1) is 14.4. The molecule has 2 bridgehead atoms. The molecule has 5 rings (SSSR count). The minimum Gasteiger partial charge on any atom is -0.481 e. The molecule has 0 spiro atoms. The van der Waals surface area contributed by atoms with Gasteiger partial charge in [0.1, 0.15) is 0 Å². The van der Waals surface area contributed by atoms with E-state index in [0.29, 0.717) is 23.7 Å². The van der Waals surface area contributed by atoms with Crippen molar-refractivity contribution in [2.45, 2.75) is 58.4 Å². The number of allylic oxidation sites excluding steroid dienone is 2. The summed E-state index contributed by atoms with van der Waals surface area (Å²) < 4.78 is 1.15. The summed E-state index contributed by atoms with van der Waals surface area (Å²) in [6, 6.07) is 10.3. The number of aliphatic carboxylic acids is 1. The molecule has 4 nitrogen and oxygen atoms in total. The second-order valence-electron chi connectivity index (χ2n) is 9.50. The summed E-state index contributed by atoms with van der Waals surface area (Å²) in [6.07, 6.45) is 9.33. The molecule has 1 aromatic heterocycles. The number of benzene rings is 1. The van der Waals surface area contributed by atoms with Crippen molar-refractivity contribution < 1.29 is 14.7 Å². The van der Waals surface area contributed by atoms with Crippen molar-refractivity contribution in [2.24, 2.45) is 23.2 Å². The molecule has 3 fully saturated rings. The van der Waals surface area contributed by atoms with Crippen molar-refractivity contribution in [2.75, 3.05) is 0 Å². The molecule has 3 aliphatic carbocycles. The molecule has 0 unspecified atom stereocenters. The number of hydrogen-bond acceptors (Lipinski definition) is 3. The van der Waals surface area contributed by atoms with Gasteiger partial charge in [-0.1, -0.05) is 44.2 Å². The zero-order chi connectivity index (χ0) is 21.3. The highest BCUT2D eigenvalue weighted by Crippen LogP contribution is 2.61. The average Bonchev–Trinajstić information content (AvgIpc) is 3.15. The number of thiophene rings is 1. The van der Waals surface area contributed by atoms with E-state index in [0.717, 1.165) is 40.1 Å². The monoisotopic (exact) mass is 425 g/mol. The Morgan fingerprint density at radius 2 is 2.03 bits per heavy atom. The molecule has 160 valence electrons. The lowest BCUT2D eigenvalue weighted by Gasteiger charge is -2.62. The number of nitrogens with one attached hydrogen (secondary N) is 1. The van der Waals surface area contributed by atoms with Crippen molar-refractivity contribution in [1.29, 1.82) is 0 Å². The second-order valence-corrected chi connectivity index (χ2v) is 10.6. The maximum Gasteiger partial charge on any atom is 0.303 e. The van der Waals surface area contributed by atoms with Gasteiger partial charge in [0.05, 0.1) is 4.88 Å². The van der Waals surface area contributed by atoms with Crippen LogP contribution in [0.1, 0.15) is 62.0 Å². The molecule has 1 aromatic carbocycles. The molecule has 3 saturated carbocycles. The standard InChI is InChI=1S/C25H31NO3S/c1-25(2)18-13-17(10-5-3-4-6-12-22(27)28)23(19(25)15-18)26-24(29)21-14-16-9-7-8-11-20(16)30-21/h3,5,7-9,11,14,17-19,23H,4,6,10,12-13,15H2,1-2H3,(H,26,29)(H,27,28)/b5-3-/t17-,18-,19-,23+/m0/s1. The molecule has 30 heavy (non-hydrogen) atoms. The first-order valence-corrected chi connectivity index (χ1v) is 11.8. The molecule has 0 saturated heterocycles. The van der Waals surface area contributed by atoms with Gasteiger partial charge in [0.25, 0.3) is 5.91 Å². The van der Waals surface area contributed by atoms with Crippen LogP contribution in [0.3, 0.4) is 0 Å². The molecule has 1 amide bonds. The summed E-state index contributed by atoms with van der Waals surface area (Å²) in [6.45, 7) is 4.70. The van der Waals surface area contributed by atoms with Gasteiger partial charge in [0.2, 0.25) is 0 Å². The number of carboxylic acids is 1. The molecule has 1 heterocycles. The third-order valence-electron chi connectivity index (χ3n) is 7.39. The Kier molecular flexibility index (Phi) is 6.01. The molecular weight excluding hydrogens is 394 g/mol. The fourth-order valence-corrected chi connectivity index (χ4v) is 6.41. The van der Waals surface area contributed by atoms with E-state index >= 15 is 0 Å². The van der Waals surface area contributed by atoms with Crippen LogP contribution in [-0.2, 0) is 4.79 Å². The van der Waals surface area contributed by atoms with Crippen molar-refractivity contribution in [3.8, 4) is 0 Å². The predicted molar refractivity (Wildman–Crippen MR) is 122 cm³/mol. The van der Waals surface area contributed by atoms with E-state index in [9.17, 15) is 9.59 Å². The van der Waals surface area contributed by atoms with Gasteiger partial charge in [0.15, 0.2) is 0 Å². The van der Waals surface area contributed by atoms with Crippen LogP contribution in [0, 0.1) is 23.2 Å². The minimum absolute atomic E-state index is 0.0535. The Bertz CT molecular complexity index is 927. The molecule has 5 heteroatoms. The summed E-state index contributed by atoms with van der Waals surface area (Å²) in [4.78, 5) is 24.5. The highest BCUT2D eigenvalue weighted by atomic mass is 32.1. The Labute approximate surface area is 182 Å². The number of rotatable bonds is 8. The van der Waals surface area contributed by atoms with E-state index in [2.05, 4.69) is 43.4 Å². The number of unbranched alkanes of at least 4 members (excludes halogenated alkanes) is 1. The van der Waals surface area contributed by atoms with E-state index in [4.69, 9.17) is 5.11 Å². The molecule has 4 atom stereocenters. The lowest BCUT2D eigenvalue weighted by atomic mass is 9.44. The smallest absolute Gasteiger partial charge is 0.303 e. The highest BCUT2D eigenvalue weighted by Gasteiger charge is 2.57. The van der Waals surface area contributed by atoms with E-state index in [1.54, 1.807) is 11.3 Å². The number of carbonyl (C=O) groups is 2. The van der Waals surface area contributed by atoms with Crippen LogP contribution >= 0.6 is 11.3 Å². The lowest BCUT2D eigenvalue weighted by molar-refractivity contribution is -0.137. The van der Waals surface area contributed by atoms with Gasteiger partial charge in [-0.05, 0) is 72.8 Å². The fourth-order valence-electron chi connectivity index (χ4n) is 5.44. The minimum atomic E-state index is -0.734. The van der Waals surface area contributed by atoms with Crippen LogP contribution in [0.2, 0.25) is 0 Å². The Hall–Kier alpha value is -2.14. The maximum atomic E-state index is 13.1. The quantitative estimate of drug-likeness (QED) is 0.410. The highest BCUT2D eigenvalue weighted by molar-refractivity contribution is 7.20. The summed E-state index contributed by atoms with van der Waals surface area (Å²) in [5, 5.41) is 13.3. The second kappa shape index (κ2) is 8.54. The number of amides is 1. The van der Waals surface area contributed by atoms with Crippen molar-refractivity contribution in [1.82, 2.24) is 5.32 Å². The maximum absolute atomic E-state index is 13.1. The van der Waals surface area contributed by atoms with Gasteiger partial charge in [-0.25, -0.2) is 0 Å². The Morgan fingerprint density at radius 3 is 2.77 bits per heavy atom. The predicted octanol–water partition coefficient (Wildman–Crippen LogP) is 5.88. The third kappa shape index (κ3) is 4.18. The van der Waals surface area contributed by atoms with Gasteiger partial charge < -0.3 is 10.4 Å². The fraction of sp³-hybridized carbons (Fsp3) is 0.520. The van der Waals surface area contributed by atoms with Gasteiger partial charge in [-0.15, -0.1) is 11.3 Å². The molecule has 2 aromatic rings.